The Morgan fingerprint density at radius 3 is 2.72 bits per heavy atom. The van der Waals surface area contributed by atoms with Crippen LogP contribution in [0.2, 0.25) is 0 Å². The summed E-state index contributed by atoms with van der Waals surface area (Å²) < 4.78 is 12.9. The number of rotatable bonds is 4. The molecule has 0 aliphatic carbocycles. The van der Waals surface area contributed by atoms with Crippen LogP contribution >= 0.6 is 0 Å². The highest BCUT2D eigenvalue weighted by Crippen LogP contribution is 2.13. The number of nitrogens with one attached hydrogen (secondary N) is 2. The zero-order valence-corrected chi connectivity index (χ0v) is 13.5. The van der Waals surface area contributed by atoms with Crippen LogP contribution in [0.25, 0.3) is 0 Å². The van der Waals surface area contributed by atoms with Crippen LogP contribution in [-0.2, 0) is 11.2 Å². The molecular weight excluding hydrogens is 325 g/mol. The van der Waals surface area contributed by atoms with Crippen molar-refractivity contribution in [2.75, 3.05) is 13.1 Å². The summed E-state index contributed by atoms with van der Waals surface area (Å²) >= 11 is 0. The fraction of sp³-hybridized carbons (Fsp3) is 0.278. The minimum Gasteiger partial charge on any atom is -0.357 e. The first kappa shape index (κ1) is 16.9. The smallest absolute Gasteiger partial charge is 0.268 e. The standard InChI is InChI=1S/C18H18FN3O3/c19-13-3-1-12(2-4-13)9-17(24)22-8-6-14(11-22)21-18(25)16-10-15(23)5-7-20-16/h1-5,7,10,14H,6,8-9,11H2,(H,20,23)(H,21,25). The van der Waals surface area contributed by atoms with E-state index in [1.54, 1.807) is 17.0 Å². The number of likely N-dealkylation sites (tertiary alicyclic amines) is 1. The summed E-state index contributed by atoms with van der Waals surface area (Å²) in [4.78, 5) is 40.2. The monoisotopic (exact) mass is 343 g/mol. The fourth-order valence-corrected chi connectivity index (χ4v) is 2.83. The zero-order chi connectivity index (χ0) is 17.8. The average Bonchev–Trinajstić information content (AvgIpc) is 3.05. The SMILES string of the molecule is O=C(NC1CCN(C(=O)Cc2ccc(F)cc2)C1)c1cc(=O)cc[nH]1. The maximum absolute atomic E-state index is 12.9. The zero-order valence-electron chi connectivity index (χ0n) is 13.5. The molecule has 25 heavy (non-hydrogen) atoms. The van der Waals surface area contributed by atoms with E-state index in [1.807, 2.05) is 0 Å². The maximum atomic E-state index is 12.9. The van der Waals surface area contributed by atoms with Gasteiger partial charge in [0.05, 0.1) is 6.42 Å². The number of hydrogen-bond acceptors (Lipinski definition) is 3. The number of H-pyrrole nitrogens is 1. The van der Waals surface area contributed by atoms with Crippen molar-refractivity contribution in [2.45, 2.75) is 18.9 Å². The van der Waals surface area contributed by atoms with E-state index in [4.69, 9.17) is 0 Å². The molecule has 2 amide bonds. The molecule has 0 radical (unpaired) electrons. The molecule has 0 spiro atoms. The summed E-state index contributed by atoms with van der Waals surface area (Å²) in [7, 11) is 0. The van der Waals surface area contributed by atoms with E-state index in [-0.39, 0.29) is 41.2 Å². The Kier molecular flexibility index (Phi) is 4.92. The highest BCUT2D eigenvalue weighted by atomic mass is 19.1. The van der Waals surface area contributed by atoms with Gasteiger partial charge in [0.25, 0.3) is 5.91 Å². The number of halogens is 1. The van der Waals surface area contributed by atoms with Gasteiger partial charge in [0.1, 0.15) is 11.5 Å². The van der Waals surface area contributed by atoms with Crippen molar-refractivity contribution >= 4 is 11.8 Å². The molecule has 2 heterocycles. The van der Waals surface area contributed by atoms with Gasteiger partial charge in [-0.15, -0.1) is 0 Å². The Hall–Kier alpha value is -2.96. The lowest BCUT2D eigenvalue weighted by molar-refractivity contribution is -0.129. The third-order valence-electron chi connectivity index (χ3n) is 4.16. The number of aromatic amines is 1. The molecule has 1 aliphatic heterocycles. The Morgan fingerprint density at radius 1 is 1.24 bits per heavy atom. The van der Waals surface area contributed by atoms with Gasteiger partial charge in [0.15, 0.2) is 5.43 Å². The number of hydrogen-bond donors (Lipinski definition) is 2. The number of carbonyl (C=O) groups excluding carboxylic acids is 2. The second-order valence-electron chi connectivity index (χ2n) is 6.04. The van der Waals surface area contributed by atoms with Crippen molar-refractivity contribution in [1.82, 2.24) is 15.2 Å². The molecule has 1 atom stereocenters. The van der Waals surface area contributed by atoms with Crippen molar-refractivity contribution in [2.24, 2.45) is 0 Å². The second kappa shape index (κ2) is 7.29. The van der Waals surface area contributed by atoms with Gasteiger partial charge < -0.3 is 15.2 Å². The van der Waals surface area contributed by atoms with Crippen molar-refractivity contribution in [3.05, 3.63) is 69.9 Å². The van der Waals surface area contributed by atoms with Gasteiger partial charge in [-0.2, -0.15) is 0 Å². The molecule has 0 saturated carbocycles. The molecule has 2 aromatic rings. The van der Waals surface area contributed by atoms with Gasteiger partial charge in [-0.05, 0) is 24.1 Å². The molecule has 1 aliphatic rings. The van der Waals surface area contributed by atoms with Gasteiger partial charge >= 0.3 is 0 Å². The van der Waals surface area contributed by atoms with Gasteiger partial charge in [-0.3, -0.25) is 14.4 Å². The normalized spacial score (nSPS) is 16.7. The molecule has 1 aromatic heterocycles. The lowest BCUT2D eigenvalue weighted by Crippen LogP contribution is -2.39. The van der Waals surface area contributed by atoms with E-state index >= 15 is 0 Å². The molecule has 3 rings (SSSR count). The van der Waals surface area contributed by atoms with Crippen molar-refractivity contribution < 1.29 is 14.0 Å². The van der Waals surface area contributed by atoms with Gasteiger partial charge in [0, 0.05) is 37.5 Å². The van der Waals surface area contributed by atoms with Crippen molar-refractivity contribution in [3.63, 3.8) is 0 Å². The van der Waals surface area contributed by atoms with E-state index in [2.05, 4.69) is 10.3 Å². The summed E-state index contributed by atoms with van der Waals surface area (Å²) in [6.45, 7) is 0.971. The minimum atomic E-state index is -0.365. The number of aromatic nitrogens is 1. The summed E-state index contributed by atoms with van der Waals surface area (Å²) in [5.41, 5.74) is 0.704. The molecule has 1 aromatic carbocycles. The number of benzene rings is 1. The van der Waals surface area contributed by atoms with E-state index in [0.29, 0.717) is 19.5 Å². The summed E-state index contributed by atoms with van der Waals surface area (Å²) in [6.07, 6.45) is 2.27. The van der Waals surface area contributed by atoms with Crippen LogP contribution in [0.3, 0.4) is 0 Å². The van der Waals surface area contributed by atoms with Gasteiger partial charge in [-0.25, -0.2) is 4.39 Å². The highest BCUT2D eigenvalue weighted by molar-refractivity contribution is 5.92. The maximum Gasteiger partial charge on any atom is 0.268 e. The molecule has 130 valence electrons. The van der Waals surface area contributed by atoms with Gasteiger partial charge in [0.2, 0.25) is 5.91 Å². The lowest BCUT2D eigenvalue weighted by atomic mass is 10.1. The summed E-state index contributed by atoms with van der Waals surface area (Å²) in [6, 6.07) is 8.26. The molecule has 6 nitrogen and oxygen atoms in total. The molecule has 1 saturated heterocycles. The first-order valence-electron chi connectivity index (χ1n) is 8.03. The Morgan fingerprint density at radius 2 is 2.00 bits per heavy atom. The third-order valence-corrected chi connectivity index (χ3v) is 4.16. The first-order chi connectivity index (χ1) is 12.0. The molecule has 7 heteroatoms. The quantitative estimate of drug-likeness (QED) is 0.872. The predicted molar refractivity (Wildman–Crippen MR) is 89.6 cm³/mol. The number of pyridine rings is 1. The van der Waals surface area contributed by atoms with Crippen LogP contribution in [0.1, 0.15) is 22.5 Å². The van der Waals surface area contributed by atoms with E-state index < -0.39 is 0 Å². The van der Waals surface area contributed by atoms with Crippen LogP contribution in [-0.4, -0.2) is 40.8 Å². The van der Waals surface area contributed by atoms with Crippen molar-refractivity contribution in [1.29, 1.82) is 0 Å². The summed E-state index contributed by atoms with van der Waals surface area (Å²) in [5.74, 6) is -0.758. The van der Waals surface area contributed by atoms with Crippen LogP contribution in [0.15, 0.2) is 47.4 Å². The van der Waals surface area contributed by atoms with Crippen molar-refractivity contribution in [3.8, 4) is 0 Å². The predicted octanol–water partition coefficient (Wildman–Crippen LogP) is 1.09. The van der Waals surface area contributed by atoms with Crippen LogP contribution in [0.4, 0.5) is 4.39 Å². The molecule has 1 fully saturated rings. The number of nitrogens with zero attached hydrogens (tertiary/aromatic N) is 1. The van der Waals surface area contributed by atoms with Crippen LogP contribution in [0.5, 0.6) is 0 Å². The average molecular weight is 343 g/mol. The largest absolute Gasteiger partial charge is 0.357 e. The first-order valence-corrected chi connectivity index (χ1v) is 8.03. The second-order valence-corrected chi connectivity index (χ2v) is 6.04. The van der Waals surface area contributed by atoms with Crippen LogP contribution < -0.4 is 10.7 Å². The Balaban J connectivity index is 1.54. The highest BCUT2D eigenvalue weighted by Gasteiger charge is 2.27. The van der Waals surface area contributed by atoms with E-state index in [1.165, 1.54) is 30.5 Å². The summed E-state index contributed by atoms with van der Waals surface area (Å²) in [5, 5.41) is 2.83. The molecule has 1 unspecified atom stereocenters. The van der Waals surface area contributed by atoms with E-state index in [9.17, 15) is 18.8 Å². The van der Waals surface area contributed by atoms with Gasteiger partial charge in [-0.1, -0.05) is 12.1 Å². The third kappa shape index (κ3) is 4.32. The number of carbonyl (C=O) groups is 2. The van der Waals surface area contributed by atoms with Crippen LogP contribution in [0, 0.1) is 5.82 Å². The Labute approximate surface area is 143 Å². The number of amides is 2. The Bertz CT molecular complexity index is 832. The molecule has 0 bridgehead atoms. The van der Waals surface area contributed by atoms with E-state index in [0.717, 1.165) is 5.56 Å². The lowest BCUT2D eigenvalue weighted by Gasteiger charge is -2.17. The fourth-order valence-electron chi connectivity index (χ4n) is 2.83. The molecular formula is C18H18FN3O3. The molecule has 2 N–H and O–H groups in total. The topological polar surface area (TPSA) is 82.3 Å². The minimum absolute atomic E-state index is 0.0588.